The SMILES string of the molecule is C[C@@H]1CN(C(=O)CN(C)CCc2ccccc2[N+](=O)[O-])C[C@H](C)O1. The van der Waals surface area contributed by atoms with E-state index in [9.17, 15) is 14.9 Å². The normalized spacial score (nSPS) is 21.1. The Morgan fingerprint density at radius 1 is 1.33 bits per heavy atom. The molecule has 1 heterocycles. The first-order valence-corrected chi connectivity index (χ1v) is 8.21. The third kappa shape index (κ3) is 5.01. The van der Waals surface area contributed by atoms with Crippen molar-refractivity contribution in [1.82, 2.24) is 9.80 Å². The van der Waals surface area contributed by atoms with Crippen LogP contribution in [-0.4, -0.2) is 66.1 Å². The van der Waals surface area contributed by atoms with Crippen LogP contribution < -0.4 is 0 Å². The number of nitro groups is 1. The number of hydrogen-bond acceptors (Lipinski definition) is 5. The molecule has 0 aromatic heterocycles. The van der Waals surface area contributed by atoms with Gasteiger partial charge in [0.2, 0.25) is 5.91 Å². The number of nitro benzene ring substituents is 1. The number of morpholine rings is 1. The molecule has 1 aliphatic rings. The molecule has 0 unspecified atom stereocenters. The van der Waals surface area contributed by atoms with Crippen LogP contribution in [0, 0.1) is 10.1 Å². The summed E-state index contributed by atoms with van der Waals surface area (Å²) in [5.74, 6) is 0.0714. The van der Waals surface area contributed by atoms with E-state index in [0.29, 0.717) is 38.2 Å². The van der Waals surface area contributed by atoms with Crippen molar-refractivity contribution in [3.63, 3.8) is 0 Å². The highest BCUT2D eigenvalue weighted by molar-refractivity contribution is 5.78. The molecule has 1 aromatic carbocycles. The molecule has 0 radical (unpaired) electrons. The molecule has 7 nitrogen and oxygen atoms in total. The van der Waals surface area contributed by atoms with E-state index in [1.54, 1.807) is 18.2 Å². The van der Waals surface area contributed by atoms with Gasteiger partial charge in [-0.05, 0) is 27.3 Å². The molecule has 24 heavy (non-hydrogen) atoms. The zero-order valence-electron chi connectivity index (χ0n) is 14.5. The fourth-order valence-corrected chi connectivity index (χ4v) is 3.00. The van der Waals surface area contributed by atoms with Crippen molar-refractivity contribution in [2.75, 3.05) is 33.2 Å². The maximum absolute atomic E-state index is 12.4. The van der Waals surface area contributed by atoms with Gasteiger partial charge in [0.15, 0.2) is 0 Å². The van der Waals surface area contributed by atoms with E-state index in [0.717, 1.165) is 0 Å². The van der Waals surface area contributed by atoms with Gasteiger partial charge < -0.3 is 9.64 Å². The lowest BCUT2D eigenvalue weighted by atomic mass is 10.1. The van der Waals surface area contributed by atoms with Crippen molar-refractivity contribution < 1.29 is 14.5 Å². The Morgan fingerprint density at radius 3 is 2.58 bits per heavy atom. The second-order valence-electron chi connectivity index (χ2n) is 6.43. The van der Waals surface area contributed by atoms with E-state index in [1.165, 1.54) is 6.07 Å². The van der Waals surface area contributed by atoms with Gasteiger partial charge in [0.25, 0.3) is 5.69 Å². The quantitative estimate of drug-likeness (QED) is 0.584. The first-order valence-electron chi connectivity index (χ1n) is 8.21. The van der Waals surface area contributed by atoms with Crippen LogP contribution in [0.1, 0.15) is 19.4 Å². The average molecular weight is 335 g/mol. The lowest BCUT2D eigenvalue weighted by Gasteiger charge is -2.36. The summed E-state index contributed by atoms with van der Waals surface area (Å²) in [5.41, 5.74) is 0.823. The maximum atomic E-state index is 12.4. The number of rotatable bonds is 6. The number of carbonyl (C=O) groups excluding carboxylic acids is 1. The summed E-state index contributed by atoms with van der Waals surface area (Å²) in [5, 5.41) is 11.0. The van der Waals surface area contributed by atoms with E-state index in [-0.39, 0.29) is 28.7 Å². The summed E-state index contributed by atoms with van der Waals surface area (Å²) in [6.07, 6.45) is 0.640. The lowest BCUT2D eigenvalue weighted by Crippen LogP contribution is -2.50. The summed E-state index contributed by atoms with van der Waals surface area (Å²) in [4.78, 5) is 26.8. The van der Waals surface area contributed by atoms with E-state index < -0.39 is 0 Å². The van der Waals surface area contributed by atoms with Gasteiger partial charge >= 0.3 is 0 Å². The van der Waals surface area contributed by atoms with Crippen LogP contribution in [0.3, 0.4) is 0 Å². The summed E-state index contributed by atoms with van der Waals surface area (Å²) in [7, 11) is 1.86. The molecule has 7 heteroatoms. The van der Waals surface area contributed by atoms with Gasteiger partial charge in [-0.1, -0.05) is 18.2 Å². The predicted octanol–water partition coefficient (Wildman–Crippen LogP) is 1.70. The highest BCUT2D eigenvalue weighted by Crippen LogP contribution is 2.18. The van der Waals surface area contributed by atoms with Crippen LogP contribution in [0.5, 0.6) is 0 Å². The molecule has 0 spiro atoms. The highest BCUT2D eigenvalue weighted by atomic mass is 16.6. The number of hydrogen-bond donors (Lipinski definition) is 0. The third-order valence-corrected chi connectivity index (χ3v) is 4.13. The summed E-state index contributed by atoms with van der Waals surface area (Å²) >= 11 is 0. The van der Waals surface area contributed by atoms with Crippen molar-refractivity contribution in [2.24, 2.45) is 0 Å². The van der Waals surface area contributed by atoms with Crippen molar-refractivity contribution in [2.45, 2.75) is 32.5 Å². The van der Waals surface area contributed by atoms with Gasteiger partial charge in [0.1, 0.15) is 0 Å². The highest BCUT2D eigenvalue weighted by Gasteiger charge is 2.26. The van der Waals surface area contributed by atoms with Gasteiger partial charge in [-0.2, -0.15) is 0 Å². The van der Waals surface area contributed by atoms with Gasteiger partial charge in [0.05, 0.1) is 23.7 Å². The molecule has 1 amide bonds. The Kier molecular flexibility index (Phi) is 6.28. The first-order chi connectivity index (χ1) is 11.4. The topological polar surface area (TPSA) is 75.9 Å². The van der Waals surface area contributed by atoms with Crippen molar-refractivity contribution in [3.8, 4) is 0 Å². The Labute approximate surface area is 142 Å². The minimum atomic E-state index is -0.364. The van der Waals surface area contributed by atoms with Gasteiger partial charge in [-0.15, -0.1) is 0 Å². The Bertz CT molecular complexity index is 583. The van der Waals surface area contributed by atoms with Crippen LogP contribution in [0.2, 0.25) is 0 Å². The molecule has 0 aliphatic carbocycles. The van der Waals surface area contributed by atoms with Crippen LogP contribution in [0.25, 0.3) is 0 Å². The summed E-state index contributed by atoms with van der Waals surface area (Å²) < 4.78 is 5.64. The number of likely N-dealkylation sites (N-methyl/N-ethyl adjacent to an activating group) is 1. The zero-order valence-corrected chi connectivity index (χ0v) is 14.5. The monoisotopic (exact) mass is 335 g/mol. The Balaban J connectivity index is 1.86. The molecule has 0 bridgehead atoms. The first kappa shape index (κ1) is 18.4. The number of benzene rings is 1. The number of ether oxygens (including phenoxy) is 1. The van der Waals surface area contributed by atoms with Crippen LogP contribution in [0.4, 0.5) is 5.69 Å². The second kappa shape index (κ2) is 8.21. The minimum Gasteiger partial charge on any atom is -0.372 e. The second-order valence-corrected chi connectivity index (χ2v) is 6.43. The van der Waals surface area contributed by atoms with E-state index in [2.05, 4.69) is 0 Å². The maximum Gasteiger partial charge on any atom is 0.272 e. The number of carbonyl (C=O) groups is 1. The van der Waals surface area contributed by atoms with Gasteiger partial charge in [0, 0.05) is 31.3 Å². The summed E-state index contributed by atoms with van der Waals surface area (Å²) in [6, 6.07) is 6.73. The van der Waals surface area contributed by atoms with Gasteiger partial charge in [-0.25, -0.2) is 0 Å². The minimum absolute atomic E-state index is 0.0509. The molecule has 2 atom stereocenters. The molecule has 1 saturated heterocycles. The molecule has 1 fully saturated rings. The average Bonchev–Trinajstić information content (AvgIpc) is 2.52. The fourth-order valence-electron chi connectivity index (χ4n) is 3.00. The largest absolute Gasteiger partial charge is 0.372 e. The van der Waals surface area contributed by atoms with Crippen LogP contribution >= 0.6 is 0 Å². The molecule has 1 aromatic rings. The fraction of sp³-hybridized carbons (Fsp3) is 0.588. The van der Waals surface area contributed by atoms with Crippen molar-refractivity contribution >= 4 is 11.6 Å². The molecule has 2 rings (SSSR count). The number of para-hydroxylation sites is 1. The predicted molar refractivity (Wildman–Crippen MR) is 90.9 cm³/mol. The van der Waals surface area contributed by atoms with E-state index in [1.807, 2.05) is 30.7 Å². The van der Waals surface area contributed by atoms with Crippen molar-refractivity contribution in [3.05, 3.63) is 39.9 Å². The zero-order chi connectivity index (χ0) is 17.7. The molecule has 0 N–H and O–H groups in total. The van der Waals surface area contributed by atoms with Crippen molar-refractivity contribution in [1.29, 1.82) is 0 Å². The van der Waals surface area contributed by atoms with Gasteiger partial charge in [-0.3, -0.25) is 19.8 Å². The van der Waals surface area contributed by atoms with Crippen LogP contribution in [-0.2, 0) is 16.0 Å². The smallest absolute Gasteiger partial charge is 0.272 e. The lowest BCUT2D eigenvalue weighted by molar-refractivity contribution is -0.385. The molecular formula is C17H25N3O4. The number of amides is 1. The van der Waals surface area contributed by atoms with Crippen LogP contribution in [0.15, 0.2) is 24.3 Å². The Hall–Kier alpha value is -1.99. The van der Waals surface area contributed by atoms with E-state index >= 15 is 0 Å². The molecule has 132 valence electrons. The third-order valence-electron chi connectivity index (χ3n) is 4.13. The Morgan fingerprint density at radius 2 is 1.96 bits per heavy atom. The molecular weight excluding hydrogens is 310 g/mol. The molecule has 0 saturated carbocycles. The number of nitrogens with zero attached hydrogens (tertiary/aromatic N) is 3. The van der Waals surface area contributed by atoms with E-state index in [4.69, 9.17) is 4.74 Å². The molecule has 1 aliphatic heterocycles. The standard InChI is InChI=1S/C17H25N3O4/c1-13-10-19(11-14(2)24-13)17(21)12-18(3)9-8-15-6-4-5-7-16(15)20(22)23/h4-7,13-14H,8-12H2,1-3H3/t13-,14+. The summed E-state index contributed by atoms with van der Waals surface area (Å²) in [6.45, 7) is 6.05.